The highest BCUT2D eigenvalue weighted by molar-refractivity contribution is 7.99. The van der Waals surface area contributed by atoms with Gasteiger partial charge in [-0.05, 0) is 19.1 Å². The first-order valence-electron chi connectivity index (χ1n) is 7.69. The van der Waals surface area contributed by atoms with Gasteiger partial charge in [0.15, 0.2) is 11.3 Å². The fraction of sp³-hybridized carbons (Fsp3) is 0.0556. The van der Waals surface area contributed by atoms with E-state index in [0.717, 1.165) is 9.79 Å². The average molecular weight is 379 g/mol. The topological polar surface area (TPSA) is 125 Å². The lowest BCUT2D eigenvalue weighted by Crippen LogP contribution is -2.17. The smallest absolute Gasteiger partial charge is 0.272 e. The van der Waals surface area contributed by atoms with Gasteiger partial charge < -0.3 is 9.63 Å². The van der Waals surface area contributed by atoms with E-state index in [0.29, 0.717) is 0 Å². The zero-order chi connectivity index (χ0) is 19.2. The summed E-state index contributed by atoms with van der Waals surface area (Å²) in [6.07, 6.45) is 4.33. The average Bonchev–Trinajstić information content (AvgIpc) is 3.10. The molecule has 0 saturated carbocycles. The van der Waals surface area contributed by atoms with Gasteiger partial charge in [0.2, 0.25) is 5.95 Å². The number of benzene rings is 1. The van der Waals surface area contributed by atoms with Crippen LogP contribution in [0.25, 0.3) is 5.76 Å². The van der Waals surface area contributed by atoms with Crippen LogP contribution in [0.4, 0.5) is 5.95 Å². The van der Waals surface area contributed by atoms with Crippen LogP contribution < -0.4 is 5.32 Å². The zero-order valence-corrected chi connectivity index (χ0v) is 14.9. The molecular weight excluding hydrogens is 366 g/mol. The van der Waals surface area contributed by atoms with Gasteiger partial charge in [-0.3, -0.25) is 10.1 Å². The van der Waals surface area contributed by atoms with Crippen LogP contribution in [-0.4, -0.2) is 26.1 Å². The fourth-order valence-corrected chi connectivity index (χ4v) is 2.87. The van der Waals surface area contributed by atoms with Crippen molar-refractivity contribution in [3.8, 4) is 6.07 Å². The number of hydrogen-bond donors (Lipinski definition) is 2. The molecule has 0 aliphatic heterocycles. The minimum Gasteiger partial charge on any atom is -0.506 e. The molecule has 0 saturated heterocycles. The molecule has 134 valence electrons. The van der Waals surface area contributed by atoms with E-state index in [2.05, 4.69) is 20.4 Å². The molecule has 2 aromatic heterocycles. The van der Waals surface area contributed by atoms with E-state index in [-0.39, 0.29) is 17.3 Å². The molecule has 0 aliphatic carbocycles. The predicted molar refractivity (Wildman–Crippen MR) is 97.6 cm³/mol. The van der Waals surface area contributed by atoms with Crippen LogP contribution in [0.15, 0.2) is 68.8 Å². The Morgan fingerprint density at radius 3 is 2.48 bits per heavy atom. The number of aliphatic hydroxyl groups excluding tert-OH is 1. The number of aromatic nitrogens is 3. The lowest BCUT2D eigenvalue weighted by molar-refractivity contribution is -0.112. The van der Waals surface area contributed by atoms with Crippen molar-refractivity contribution in [2.24, 2.45) is 0 Å². The summed E-state index contributed by atoms with van der Waals surface area (Å²) in [5, 5.41) is 25.3. The highest BCUT2D eigenvalue weighted by atomic mass is 32.2. The SMILES string of the molecule is Cc1oncc1/C(O)=C(\C#N)C(=O)Nc1ncc(Sc2ccccc2)cn1. The predicted octanol–water partition coefficient (Wildman–Crippen LogP) is 3.36. The highest BCUT2D eigenvalue weighted by Crippen LogP contribution is 2.26. The molecule has 0 radical (unpaired) electrons. The van der Waals surface area contributed by atoms with E-state index in [4.69, 9.17) is 4.52 Å². The number of carbonyl (C=O) groups excluding carboxylic acids is 1. The van der Waals surface area contributed by atoms with Crippen molar-refractivity contribution in [1.29, 1.82) is 5.26 Å². The van der Waals surface area contributed by atoms with Gasteiger partial charge in [-0.1, -0.05) is 35.1 Å². The highest BCUT2D eigenvalue weighted by Gasteiger charge is 2.20. The maximum atomic E-state index is 12.3. The Bertz CT molecular complexity index is 1020. The van der Waals surface area contributed by atoms with Gasteiger partial charge in [0.25, 0.3) is 5.91 Å². The van der Waals surface area contributed by atoms with Crippen LogP contribution >= 0.6 is 11.8 Å². The number of aliphatic hydroxyl groups is 1. The Morgan fingerprint density at radius 2 is 1.89 bits per heavy atom. The van der Waals surface area contributed by atoms with Gasteiger partial charge in [0, 0.05) is 22.2 Å². The Hall–Kier alpha value is -3.64. The zero-order valence-electron chi connectivity index (χ0n) is 14.1. The summed E-state index contributed by atoms with van der Waals surface area (Å²) in [5.74, 6) is -1.06. The van der Waals surface area contributed by atoms with Crippen LogP contribution in [-0.2, 0) is 4.79 Å². The van der Waals surface area contributed by atoms with Crippen LogP contribution in [0.1, 0.15) is 11.3 Å². The molecule has 3 aromatic rings. The van der Waals surface area contributed by atoms with Crippen molar-refractivity contribution >= 4 is 29.4 Å². The van der Waals surface area contributed by atoms with Gasteiger partial charge in [-0.2, -0.15) is 5.26 Å². The molecule has 0 aliphatic rings. The molecule has 1 aromatic carbocycles. The minimum atomic E-state index is -0.834. The second-order valence-corrected chi connectivity index (χ2v) is 6.39. The second kappa shape index (κ2) is 8.16. The molecule has 0 atom stereocenters. The number of aryl methyl sites for hydroxylation is 1. The molecule has 0 unspecified atom stereocenters. The molecular formula is C18H13N5O3S. The van der Waals surface area contributed by atoms with E-state index in [1.165, 1.54) is 18.0 Å². The Kier molecular flexibility index (Phi) is 5.49. The molecule has 0 fully saturated rings. The molecule has 0 bridgehead atoms. The van der Waals surface area contributed by atoms with Crippen molar-refractivity contribution in [1.82, 2.24) is 15.1 Å². The maximum Gasteiger partial charge on any atom is 0.272 e. The number of nitrogens with one attached hydrogen (secondary N) is 1. The molecule has 27 heavy (non-hydrogen) atoms. The quantitative estimate of drug-likeness (QED) is 0.393. The van der Waals surface area contributed by atoms with Gasteiger partial charge in [0.05, 0.1) is 11.8 Å². The Labute approximate surface area is 158 Å². The first-order valence-corrected chi connectivity index (χ1v) is 8.51. The summed E-state index contributed by atoms with van der Waals surface area (Å²) in [6.45, 7) is 1.55. The van der Waals surface area contributed by atoms with Crippen molar-refractivity contribution in [3.05, 3.63) is 65.8 Å². The number of nitriles is 1. The van der Waals surface area contributed by atoms with Crippen molar-refractivity contribution in [3.63, 3.8) is 0 Å². The van der Waals surface area contributed by atoms with E-state index in [1.54, 1.807) is 25.4 Å². The van der Waals surface area contributed by atoms with Gasteiger partial charge in [-0.25, -0.2) is 9.97 Å². The van der Waals surface area contributed by atoms with Crippen molar-refractivity contribution in [2.75, 3.05) is 5.32 Å². The number of anilines is 1. The van der Waals surface area contributed by atoms with Crippen LogP contribution in [0.2, 0.25) is 0 Å². The molecule has 1 amide bonds. The van der Waals surface area contributed by atoms with Gasteiger partial charge in [0.1, 0.15) is 11.8 Å². The summed E-state index contributed by atoms with van der Waals surface area (Å²) in [7, 11) is 0. The van der Waals surface area contributed by atoms with E-state index < -0.39 is 17.2 Å². The second-order valence-electron chi connectivity index (χ2n) is 5.24. The summed E-state index contributed by atoms with van der Waals surface area (Å²) in [6, 6.07) is 11.4. The van der Waals surface area contributed by atoms with Crippen molar-refractivity contribution in [2.45, 2.75) is 16.7 Å². The Balaban J connectivity index is 1.73. The number of rotatable bonds is 5. The number of hydrogen-bond acceptors (Lipinski definition) is 8. The first kappa shape index (κ1) is 18.2. The monoisotopic (exact) mass is 379 g/mol. The largest absolute Gasteiger partial charge is 0.506 e. The fourth-order valence-electron chi connectivity index (χ4n) is 2.09. The van der Waals surface area contributed by atoms with Crippen LogP contribution in [0, 0.1) is 18.3 Å². The molecule has 9 heteroatoms. The molecule has 2 N–H and O–H groups in total. The molecule has 3 rings (SSSR count). The molecule has 0 spiro atoms. The lowest BCUT2D eigenvalue weighted by Gasteiger charge is -2.05. The first-order chi connectivity index (χ1) is 13.1. The van der Waals surface area contributed by atoms with Gasteiger partial charge >= 0.3 is 0 Å². The van der Waals surface area contributed by atoms with Gasteiger partial charge in [-0.15, -0.1) is 0 Å². The third-order valence-electron chi connectivity index (χ3n) is 3.41. The van der Waals surface area contributed by atoms with E-state index in [9.17, 15) is 15.2 Å². The van der Waals surface area contributed by atoms with Crippen LogP contribution in [0.5, 0.6) is 0 Å². The summed E-state index contributed by atoms with van der Waals surface area (Å²) < 4.78 is 4.83. The number of nitrogens with zero attached hydrogens (tertiary/aromatic N) is 4. The summed E-state index contributed by atoms with van der Waals surface area (Å²) in [5.41, 5.74) is -0.329. The summed E-state index contributed by atoms with van der Waals surface area (Å²) in [4.78, 5) is 22.2. The minimum absolute atomic E-state index is 0.0139. The maximum absolute atomic E-state index is 12.3. The lowest BCUT2D eigenvalue weighted by atomic mass is 10.1. The normalized spacial score (nSPS) is 11.4. The molecule has 2 heterocycles. The Morgan fingerprint density at radius 1 is 1.19 bits per heavy atom. The van der Waals surface area contributed by atoms with Crippen LogP contribution in [0.3, 0.4) is 0 Å². The number of carbonyl (C=O) groups is 1. The summed E-state index contributed by atoms with van der Waals surface area (Å²) >= 11 is 1.47. The third-order valence-corrected chi connectivity index (χ3v) is 4.37. The third kappa shape index (κ3) is 4.31. The van der Waals surface area contributed by atoms with E-state index in [1.807, 2.05) is 30.3 Å². The standard InChI is InChI=1S/C18H13N5O3S/c1-11-15(10-22-26-11)16(24)14(7-19)17(25)23-18-20-8-13(9-21-18)27-12-5-3-2-4-6-12/h2-6,8-10,24H,1H3,(H,20,21,23,25)/b16-14-. The van der Waals surface area contributed by atoms with E-state index >= 15 is 0 Å². The van der Waals surface area contributed by atoms with Crippen molar-refractivity contribution < 1.29 is 14.4 Å². The number of amides is 1. The molecule has 8 nitrogen and oxygen atoms in total.